The third-order valence-electron chi connectivity index (χ3n) is 3.58. The lowest BCUT2D eigenvalue weighted by Gasteiger charge is -2.16. The van der Waals surface area contributed by atoms with Crippen LogP contribution in [0.5, 0.6) is 0 Å². The van der Waals surface area contributed by atoms with Crippen molar-refractivity contribution < 1.29 is 19.5 Å². The minimum Gasteiger partial charge on any atom is -0.478 e. The molecule has 1 fully saturated rings. The van der Waals surface area contributed by atoms with Crippen molar-refractivity contribution in [2.45, 2.75) is 31.7 Å². The Balaban J connectivity index is 1.75. The van der Waals surface area contributed by atoms with E-state index in [-0.39, 0.29) is 23.9 Å². The van der Waals surface area contributed by atoms with Gasteiger partial charge in [0, 0.05) is 19.5 Å². The average Bonchev–Trinajstić information content (AvgIpc) is 3.28. The number of hydrogen-bond donors (Lipinski definition) is 2. The molecule has 0 aliphatic heterocycles. The molecule has 2 amide bonds. The van der Waals surface area contributed by atoms with Crippen molar-refractivity contribution in [2.24, 2.45) is 0 Å². The molecule has 0 bridgehead atoms. The Morgan fingerprint density at radius 1 is 1.23 bits per heavy atom. The van der Waals surface area contributed by atoms with Gasteiger partial charge in [-0.3, -0.25) is 9.59 Å². The van der Waals surface area contributed by atoms with E-state index < -0.39 is 5.97 Å². The predicted octanol–water partition coefficient (Wildman–Crippen LogP) is 1.05. The van der Waals surface area contributed by atoms with Crippen LogP contribution in [0.3, 0.4) is 0 Å². The van der Waals surface area contributed by atoms with Crippen LogP contribution in [-0.2, 0) is 16.0 Å². The van der Waals surface area contributed by atoms with E-state index in [9.17, 15) is 14.4 Å². The summed E-state index contributed by atoms with van der Waals surface area (Å²) >= 11 is 0. The van der Waals surface area contributed by atoms with E-state index >= 15 is 0 Å². The number of hydrogen-bond acceptors (Lipinski definition) is 3. The standard InChI is InChI=1S/C16H20N2O4/c1-18(10-14(19)17-13-7-8-13)15(20)9-4-11-2-5-12(6-3-11)16(21)22/h2-3,5-6,13H,4,7-10H2,1H3,(H,17,19)(H,21,22). The number of benzene rings is 1. The minimum absolute atomic E-state index is 0.0767. The Hall–Kier alpha value is -2.37. The van der Waals surface area contributed by atoms with Gasteiger partial charge in [0.2, 0.25) is 11.8 Å². The fourth-order valence-corrected chi connectivity index (χ4v) is 2.06. The van der Waals surface area contributed by atoms with Gasteiger partial charge in [-0.05, 0) is 37.0 Å². The molecule has 118 valence electrons. The van der Waals surface area contributed by atoms with Crippen molar-refractivity contribution in [3.63, 3.8) is 0 Å². The van der Waals surface area contributed by atoms with Gasteiger partial charge in [0.15, 0.2) is 0 Å². The Labute approximate surface area is 129 Å². The number of carboxylic acid groups (broad SMARTS) is 1. The van der Waals surface area contributed by atoms with Gasteiger partial charge in [0.1, 0.15) is 0 Å². The number of carbonyl (C=O) groups is 3. The zero-order valence-electron chi connectivity index (χ0n) is 12.5. The van der Waals surface area contributed by atoms with Crippen LogP contribution >= 0.6 is 0 Å². The maximum Gasteiger partial charge on any atom is 0.335 e. The molecular weight excluding hydrogens is 284 g/mol. The molecule has 0 spiro atoms. The first-order valence-electron chi connectivity index (χ1n) is 7.31. The molecule has 0 radical (unpaired) electrons. The van der Waals surface area contributed by atoms with E-state index in [0.29, 0.717) is 18.9 Å². The van der Waals surface area contributed by atoms with Crippen molar-refractivity contribution in [2.75, 3.05) is 13.6 Å². The molecule has 0 saturated heterocycles. The number of aromatic carboxylic acids is 1. The summed E-state index contributed by atoms with van der Waals surface area (Å²) in [6.07, 6.45) is 2.86. The summed E-state index contributed by atoms with van der Waals surface area (Å²) in [5.74, 6) is -1.19. The largest absolute Gasteiger partial charge is 0.478 e. The number of nitrogens with one attached hydrogen (secondary N) is 1. The first kappa shape index (κ1) is 16.0. The second-order valence-corrected chi connectivity index (χ2v) is 5.59. The lowest BCUT2D eigenvalue weighted by Crippen LogP contribution is -2.39. The van der Waals surface area contributed by atoms with Crippen molar-refractivity contribution >= 4 is 17.8 Å². The van der Waals surface area contributed by atoms with E-state index in [1.54, 1.807) is 19.2 Å². The van der Waals surface area contributed by atoms with E-state index in [4.69, 9.17) is 5.11 Å². The average molecular weight is 304 g/mol. The Morgan fingerprint density at radius 3 is 2.41 bits per heavy atom. The van der Waals surface area contributed by atoms with Gasteiger partial charge in [-0.2, -0.15) is 0 Å². The van der Waals surface area contributed by atoms with Gasteiger partial charge in [-0.15, -0.1) is 0 Å². The minimum atomic E-state index is -0.968. The molecule has 1 aromatic rings. The van der Waals surface area contributed by atoms with Crippen LogP contribution in [0.4, 0.5) is 0 Å². The highest BCUT2D eigenvalue weighted by Crippen LogP contribution is 2.18. The number of nitrogens with zero attached hydrogens (tertiary/aromatic N) is 1. The lowest BCUT2D eigenvalue weighted by atomic mass is 10.1. The zero-order chi connectivity index (χ0) is 16.1. The maximum atomic E-state index is 12.0. The van der Waals surface area contributed by atoms with Crippen LogP contribution in [0.15, 0.2) is 24.3 Å². The highest BCUT2D eigenvalue weighted by molar-refractivity contribution is 5.87. The van der Waals surface area contributed by atoms with E-state index in [2.05, 4.69) is 5.32 Å². The van der Waals surface area contributed by atoms with Crippen molar-refractivity contribution in [1.29, 1.82) is 0 Å². The highest BCUT2D eigenvalue weighted by atomic mass is 16.4. The second kappa shape index (κ2) is 7.06. The first-order valence-corrected chi connectivity index (χ1v) is 7.31. The summed E-state index contributed by atoms with van der Waals surface area (Å²) < 4.78 is 0. The zero-order valence-corrected chi connectivity index (χ0v) is 12.5. The molecule has 1 saturated carbocycles. The number of likely N-dealkylation sites (N-methyl/N-ethyl adjacent to an activating group) is 1. The van der Waals surface area contributed by atoms with Gasteiger partial charge in [0.05, 0.1) is 12.1 Å². The number of aryl methyl sites for hydroxylation is 1. The third kappa shape index (κ3) is 4.87. The van der Waals surface area contributed by atoms with Crippen LogP contribution in [0.2, 0.25) is 0 Å². The van der Waals surface area contributed by atoms with Crippen LogP contribution in [0.25, 0.3) is 0 Å². The van der Waals surface area contributed by atoms with Gasteiger partial charge in [-0.25, -0.2) is 4.79 Å². The maximum absolute atomic E-state index is 12.0. The fourth-order valence-electron chi connectivity index (χ4n) is 2.06. The number of amides is 2. The normalized spacial score (nSPS) is 13.5. The quantitative estimate of drug-likeness (QED) is 0.788. The van der Waals surface area contributed by atoms with Crippen molar-refractivity contribution in [1.82, 2.24) is 10.2 Å². The van der Waals surface area contributed by atoms with Gasteiger partial charge in [0.25, 0.3) is 0 Å². The summed E-state index contributed by atoms with van der Waals surface area (Å²) in [5, 5.41) is 11.7. The van der Waals surface area contributed by atoms with Gasteiger partial charge < -0.3 is 15.3 Å². The van der Waals surface area contributed by atoms with Crippen LogP contribution < -0.4 is 5.32 Å². The van der Waals surface area contributed by atoms with Gasteiger partial charge in [-0.1, -0.05) is 12.1 Å². The summed E-state index contributed by atoms with van der Waals surface area (Å²) in [7, 11) is 1.61. The molecule has 0 atom stereocenters. The monoisotopic (exact) mass is 304 g/mol. The molecule has 6 nitrogen and oxygen atoms in total. The van der Waals surface area contributed by atoms with Crippen molar-refractivity contribution in [3.05, 3.63) is 35.4 Å². The molecule has 0 aromatic heterocycles. The van der Waals surface area contributed by atoms with Crippen LogP contribution in [-0.4, -0.2) is 47.4 Å². The topological polar surface area (TPSA) is 86.7 Å². The Bertz CT molecular complexity index is 564. The number of rotatable bonds is 7. The highest BCUT2D eigenvalue weighted by Gasteiger charge is 2.24. The summed E-state index contributed by atoms with van der Waals surface area (Å²) in [5.41, 5.74) is 1.12. The summed E-state index contributed by atoms with van der Waals surface area (Å²) in [6.45, 7) is 0.0767. The fraction of sp³-hybridized carbons (Fsp3) is 0.438. The number of carbonyl (C=O) groups excluding carboxylic acids is 2. The summed E-state index contributed by atoms with van der Waals surface area (Å²) in [6, 6.07) is 6.75. The molecule has 0 heterocycles. The van der Waals surface area contributed by atoms with Crippen LogP contribution in [0, 0.1) is 0 Å². The van der Waals surface area contributed by atoms with E-state index in [1.165, 1.54) is 17.0 Å². The SMILES string of the molecule is CN(CC(=O)NC1CC1)C(=O)CCc1ccc(C(=O)O)cc1. The second-order valence-electron chi connectivity index (χ2n) is 5.59. The predicted molar refractivity (Wildman–Crippen MR) is 80.5 cm³/mol. The van der Waals surface area contributed by atoms with E-state index in [1.807, 2.05) is 0 Å². The lowest BCUT2D eigenvalue weighted by molar-refractivity contribution is -0.134. The third-order valence-corrected chi connectivity index (χ3v) is 3.58. The molecule has 1 aromatic carbocycles. The molecule has 2 rings (SSSR count). The molecule has 2 N–H and O–H groups in total. The molecule has 1 aliphatic carbocycles. The Morgan fingerprint density at radius 2 is 1.86 bits per heavy atom. The van der Waals surface area contributed by atoms with E-state index in [0.717, 1.165) is 18.4 Å². The molecular formula is C16H20N2O4. The summed E-state index contributed by atoms with van der Waals surface area (Å²) in [4.78, 5) is 35.8. The number of carboxylic acids is 1. The first-order chi connectivity index (χ1) is 10.5. The van der Waals surface area contributed by atoms with Crippen molar-refractivity contribution in [3.8, 4) is 0 Å². The molecule has 1 aliphatic rings. The van der Waals surface area contributed by atoms with Crippen LogP contribution in [0.1, 0.15) is 35.2 Å². The Kier molecular flexibility index (Phi) is 5.14. The molecule has 6 heteroatoms. The van der Waals surface area contributed by atoms with Gasteiger partial charge >= 0.3 is 5.97 Å². The molecule has 22 heavy (non-hydrogen) atoms. The molecule has 0 unspecified atom stereocenters. The smallest absolute Gasteiger partial charge is 0.335 e.